The number of hydrogen-bond acceptors (Lipinski definition) is 1. The Morgan fingerprint density at radius 1 is 0.778 bits per heavy atom. The van der Waals surface area contributed by atoms with Crippen molar-refractivity contribution in [2.24, 2.45) is 0 Å². The maximum atomic E-state index is 13.0. The van der Waals surface area contributed by atoms with Gasteiger partial charge in [0.1, 0.15) is 0 Å². The first-order valence-electron chi connectivity index (χ1n) is 9.64. The third kappa shape index (κ3) is 2.16. The first-order valence-corrected chi connectivity index (χ1v) is 9.64. The summed E-state index contributed by atoms with van der Waals surface area (Å²) in [6.07, 6.45) is 0. The highest BCUT2D eigenvalue weighted by molar-refractivity contribution is 6.24. The van der Waals surface area contributed by atoms with Crippen LogP contribution < -0.4 is 0 Å². The lowest BCUT2D eigenvalue weighted by molar-refractivity contribution is 0.104. The largest absolute Gasteiger partial charge is 0.341 e. The Kier molecular flexibility index (Phi) is 3.22. The molecule has 1 aliphatic rings. The summed E-state index contributed by atoms with van der Waals surface area (Å²) in [5.41, 5.74) is 7.65. The maximum Gasteiger partial charge on any atom is 0.194 e. The molecular formula is C25H23NO. The number of carbonyl (C=O) groups is 1. The minimum absolute atomic E-state index is 0.0949. The van der Waals surface area contributed by atoms with Crippen LogP contribution in [0.1, 0.15) is 49.2 Å². The fraction of sp³-hybridized carbons (Fsp3) is 0.240. The molecule has 0 unspecified atom stereocenters. The number of ketones is 1. The predicted molar refractivity (Wildman–Crippen MR) is 113 cm³/mol. The van der Waals surface area contributed by atoms with Gasteiger partial charge >= 0.3 is 0 Å². The fourth-order valence-corrected chi connectivity index (χ4v) is 4.42. The van der Waals surface area contributed by atoms with E-state index in [4.69, 9.17) is 0 Å². The van der Waals surface area contributed by atoms with Gasteiger partial charge < -0.3 is 4.57 Å². The van der Waals surface area contributed by atoms with E-state index < -0.39 is 0 Å². The molecular weight excluding hydrogens is 330 g/mol. The van der Waals surface area contributed by atoms with Crippen LogP contribution in [0.25, 0.3) is 32.9 Å². The van der Waals surface area contributed by atoms with Crippen molar-refractivity contribution in [2.45, 2.75) is 39.7 Å². The molecule has 1 aliphatic carbocycles. The summed E-state index contributed by atoms with van der Waals surface area (Å²) < 4.78 is 2.36. The average Bonchev–Trinajstić information content (AvgIpc) is 3.11. The van der Waals surface area contributed by atoms with E-state index in [1.807, 2.05) is 18.2 Å². The molecule has 0 radical (unpaired) electrons. The Hall–Kier alpha value is -2.87. The summed E-state index contributed by atoms with van der Waals surface area (Å²) in [5.74, 6) is 0.145. The zero-order valence-corrected chi connectivity index (χ0v) is 16.3. The van der Waals surface area contributed by atoms with Gasteiger partial charge in [0.2, 0.25) is 0 Å². The quantitative estimate of drug-likeness (QED) is 0.345. The van der Waals surface area contributed by atoms with Crippen LogP contribution in [0, 0.1) is 0 Å². The second-order valence-electron chi connectivity index (χ2n) is 8.52. The van der Waals surface area contributed by atoms with Crippen LogP contribution in [-0.4, -0.2) is 10.4 Å². The highest BCUT2D eigenvalue weighted by Gasteiger charge is 2.28. The Bertz CT molecular complexity index is 1250. The van der Waals surface area contributed by atoms with Gasteiger partial charge in [-0.2, -0.15) is 0 Å². The average molecular weight is 353 g/mol. The van der Waals surface area contributed by atoms with Crippen LogP contribution >= 0.6 is 0 Å². The SMILES string of the molecule is CCn1c2ccc(C(C)(C)C)cc2c2cc3c(cc21)-c1ccccc1C3=O. The van der Waals surface area contributed by atoms with Crippen molar-refractivity contribution in [2.75, 3.05) is 0 Å². The predicted octanol–water partition coefficient (Wildman–Crippen LogP) is 6.32. The van der Waals surface area contributed by atoms with Crippen molar-refractivity contribution in [1.29, 1.82) is 0 Å². The molecule has 134 valence electrons. The van der Waals surface area contributed by atoms with Crippen molar-refractivity contribution in [3.8, 4) is 11.1 Å². The highest BCUT2D eigenvalue weighted by Crippen LogP contribution is 2.42. The second kappa shape index (κ2) is 5.32. The third-order valence-corrected chi connectivity index (χ3v) is 5.89. The summed E-state index contributed by atoms with van der Waals surface area (Å²) in [6, 6.07) is 19.1. The number of fused-ring (bicyclic) bond motifs is 6. The molecule has 27 heavy (non-hydrogen) atoms. The van der Waals surface area contributed by atoms with Crippen molar-refractivity contribution in [3.63, 3.8) is 0 Å². The molecule has 1 aromatic heterocycles. The molecule has 3 aromatic carbocycles. The Labute approximate surface area is 159 Å². The smallest absolute Gasteiger partial charge is 0.194 e. The van der Waals surface area contributed by atoms with E-state index >= 15 is 0 Å². The summed E-state index contributed by atoms with van der Waals surface area (Å²) in [6.45, 7) is 9.81. The van der Waals surface area contributed by atoms with E-state index in [1.165, 1.54) is 27.4 Å². The number of hydrogen-bond donors (Lipinski definition) is 0. The van der Waals surface area contributed by atoms with E-state index in [-0.39, 0.29) is 11.2 Å². The Morgan fingerprint density at radius 3 is 2.19 bits per heavy atom. The van der Waals surface area contributed by atoms with Crippen molar-refractivity contribution in [3.05, 3.63) is 71.3 Å². The van der Waals surface area contributed by atoms with Gasteiger partial charge in [0, 0.05) is 39.5 Å². The molecule has 0 bridgehead atoms. The summed E-state index contributed by atoms with van der Waals surface area (Å²) in [5, 5.41) is 2.42. The van der Waals surface area contributed by atoms with Crippen LogP contribution in [0.15, 0.2) is 54.6 Å². The minimum Gasteiger partial charge on any atom is -0.341 e. The molecule has 0 N–H and O–H groups in total. The lowest BCUT2D eigenvalue weighted by atomic mass is 9.86. The van der Waals surface area contributed by atoms with Crippen LogP contribution in [-0.2, 0) is 12.0 Å². The molecule has 2 heteroatoms. The summed E-state index contributed by atoms with van der Waals surface area (Å²) in [7, 11) is 0. The van der Waals surface area contributed by atoms with E-state index in [0.29, 0.717) is 0 Å². The third-order valence-electron chi connectivity index (χ3n) is 5.89. The van der Waals surface area contributed by atoms with Gasteiger partial charge in [0.25, 0.3) is 0 Å². The lowest BCUT2D eigenvalue weighted by Crippen LogP contribution is -2.10. The standard InChI is InChI=1S/C25H23NO/c1-5-26-22-11-10-15(25(2,3)4)12-19(22)20-13-21-18(14-23(20)26)16-8-6-7-9-17(16)24(21)27/h6-14H,5H2,1-4H3. The minimum atomic E-state index is 0.0949. The van der Waals surface area contributed by atoms with Gasteiger partial charge in [0.05, 0.1) is 0 Å². The van der Waals surface area contributed by atoms with E-state index in [2.05, 4.69) is 68.7 Å². The van der Waals surface area contributed by atoms with Crippen LogP contribution in [0.4, 0.5) is 0 Å². The zero-order chi connectivity index (χ0) is 18.9. The number of nitrogens with zero attached hydrogens (tertiary/aromatic N) is 1. The van der Waals surface area contributed by atoms with Gasteiger partial charge in [-0.25, -0.2) is 0 Å². The summed E-state index contributed by atoms with van der Waals surface area (Å²) >= 11 is 0. The molecule has 0 atom stereocenters. The van der Waals surface area contributed by atoms with E-state index in [9.17, 15) is 4.79 Å². The second-order valence-corrected chi connectivity index (χ2v) is 8.52. The first kappa shape index (κ1) is 16.3. The Morgan fingerprint density at radius 2 is 1.48 bits per heavy atom. The van der Waals surface area contributed by atoms with E-state index in [1.54, 1.807) is 0 Å². The van der Waals surface area contributed by atoms with E-state index in [0.717, 1.165) is 28.8 Å². The molecule has 2 nitrogen and oxygen atoms in total. The van der Waals surface area contributed by atoms with Crippen molar-refractivity contribution >= 4 is 27.6 Å². The fourth-order valence-electron chi connectivity index (χ4n) is 4.42. The monoisotopic (exact) mass is 353 g/mol. The molecule has 0 fully saturated rings. The van der Waals surface area contributed by atoms with Crippen molar-refractivity contribution < 1.29 is 4.79 Å². The number of aromatic nitrogens is 1. The van der Waals surface area contributed by atoms with Crippen LogP contribution in [0.3, 0.4) is 0 Å². The van der Waals surface area contributed by atoms with Gasteiger partial charge in [0.15, 0.2) is 5.78 Å². The molecule has 4 aromatic rings. The van der Waals surface area contributed by atoms with Gasteiger partial charge in [-0.05, 0) is 53.3 Å². The molecule has 0 amide bonds. The van der Waals surface area contributed by atoms with Gasteiger partial charge in [-0.15, -0.1) is 0 Å². The highest BCUT2D eigenvalue weighted by atomic mass is 16.1. The normalized spacial score (nSPS) is 13.4. The topological polar surface area (TPSA) is 22.0 Å². The molecule has 1 heterocycles. The number of rotatable bonds is 1. The lowest BCUT2D eigenvalue weighted by Gasteiger charge is -2.19. The molecule has 0 spiro atoms. The number of carbonyl (C=O) groups excluding carboxylic acids is 1. The zero-order valence-electron chi connectivity index (χ0n) is 16.3. The molecule has 5 rings (SSSR count). The Balaban J connectivity index is 1.89. The molecule has 0 aliphatic heterocycles. The van der Waals surface area contributed by atoms with Gasteiger partial charge in [-0.1, -0.05) is 51.1 Å². The summed E-state index contributed by atoms with van der Waals surface area (Å²) in [4.78, 5) is 13.0. The van der Waals surface area contributed by atoms with Crippen LogP contribution in [0.2, 0.25) is 0 Å². The number of aryl methyl sites for hydroxylation is 1. The maximum absolute atomic E-state index is 13.0. The molecule has 0 saturated heterocycles. The first-order chi connectivity index (χ1) is 12.9. The van der Waals surface area contributed by atoms with Crippen molar-refractivity contribution in [1.82, 2.24) is 4.57 Å². The molecule has 0 saturated carbocycles. The number of benzene rings is 3. The van der Waals surface area contributed by atoms with Gasteiger partial charge in [-0.3, -0.25) is 4.79 Å². The van der Waals surface area contributed by atoms with Crippen LogP contribution in [0.5, 0.6) is 0 Å².